The molecule has 24 heavy (non-hydrogen) atoms. The van der Waals surface area contributed by atoms with Gasteiger partial charge < -0.3 is 8.94 Å². The maximum Gasteiger partial charge on any atom is 0.247 e. The molecule has 0 spiro atoms. The van der Waals surface area contributed by atoms with Crippen LogP contribution in [0.3, 0.4) is 0 Å². The van der Waals surface area contributed by atoms with Crippen molar-refractivity contribution in [1.29, 1.82) is 0 Å². The summed E-state index contributed by atoms with van der Waals surface area (Å²) in [7, 11) is 0. The van der Waals surface area contributed by atoms with Crippen molar-refractivity contribution in [3.8, 4) is 22.8 Å². The summed E-state index contributed by atoms with van der Waals surface area (Å²) in [6, 6.07) is 16.8. The lowest BCUT2D eigenvalue weighted by Gasteiger charge is -1.93. The standard InChI is InChI=1S/C17H11ClN4O2/c18-13-8-6-11(7-9-13)16-19-14(24-22-16)10-15-20-21-17(23-15)12-4-2-1-3-5-12/h1-9H,10H2. The van der Waals surface area contributed by atoms with Crippen molar-refractivity contribution in [3.05, 3.63) is 71.4 Å². The van der Waals surface area contributed by atoms with Crippen LogP contribution in [0.5, 0.6) is 0 Å². The molecule has 0 aliphatic carbocycles. The van der Waals surface area contributed by atoms with E-state index >= 15 is 0 Å². The maximum atomic E-state index is 5.87. The van der Waals surface area contributed by atoms with Crippen LogP contribution in [0, 0.1) is 0 Å². The van der Waals surface area contributed by atoms with Gasteiger partial charge in [0.05, 0.1) is 0 Å². The molecule has 2 heterocycles. The largest absolute Gasteiger partial charge is 0.420 e. The summed E-state index contributed by atoms with van der Waals surface area (Å²) in [6.45, 7) is 0. The Balaban J connectivity index is 1.52. The topological polar surface area (TPSA) is 77.8 Å². The van der Waals surface area contributed by atoms with E-state index in [2.05, 4.69) is 20.3 Å². The second kappa shape index (κ2) is 6.25. The highest BCUT2D eigenvalue weighted by Crippen LogP contribution is 2.21. The zero-order chi connectivity index (χ0) is 16.4. The fourth-order valence-electron chi connectivity index (χ4n) is 2.19. The van der Waals surface area contributed by atoms with Crippen LogP contribution in [0.25, 0.3) is 22.8 Å². The second-order valence-electron chi connectivity index (χ2n) is 5.06. The Morgan fingerprint density at radius 3 is 2.42 bits per heavy atom. The van der Waals surface area contributed by atoms with Gasteiger partial charge in [-0.2, -0.15) is 4.98 Å². The molecular weight excluding hydrogens is 328 g/mol. The third-order valence-electron chi connectivity index (χ3n) is 3.36. The van der Waals surface area contributed by atoms with E-state index in [1.54, 1.807) is 12.1 Å². The molecule has 0 N–H and O–H groups in total. The SMILES string of the molecule is Clc1ccc(-c2noc(Cc3nnc(-c4ccccc4)o3)n2)cc1. The first-order valence-electron chi connectivity index (χ1n) is 7.24. The highest BCUT2D eigenvalue weighted by atomic mass is 35.5. The van der Waals surface area contributed by atoms with Gasteiger partial charge in [-0.05, 0) is 36.4 Å². The Bertz CT molecular complexity index is 948. The van der Waals surface area contributed by atoms with Crippen molar-refractivity contribution < 1.29 is 8.94 Å². The molecule has 0 radical (unpaired) electrons. The molecule has 0 aliphatic rings. The van der Waals surface area contributed by atoms with Crippen LogP contribution in [0.4, 0.5) is 0 Å². The molecule has 0 aliphatic heterocycles. The van der Waals surface area contributed by atoms with Crippen molar-refractivity contribution in [2.24, 2.45) is 0 Å². The van der Waals surface area contributed by atoms with Gasteiger partial charge in [0.15, 0.2) is 0 Å². The zero-order valence-corrected chi connectivity index (χ0v) is 13.1. The number of rotatable bonds is 4. The molecule has 0 saturated heterocycles. The molecule has 2 aromatic carbocycles. The van der Waals surface area contributed by atoms with E-state index in [-0.39, 0.29) is 6.42 Å². The van der Waals surface area contributed by atoms with Gasteiger partial charge in [-0.25, -0.2) is 0 Å². The Kier molecular flexibility index (Phi) is 3.80. The first-order chi connectivity index (χ1) is 11.8. The van der Waals surface area contributed by atoms with Crippen molar-refractivity contribution in [1.82, 2.24) is 20.3 Å². The van der Waals surface area contributed by atoms with Crippen LogP contribution in [0.2, 0.25) is 5.02 Å². The van der Waals surface area contributed by atoms with Crippen molar-refractivity contribution in [2.75, 3.05) is 0 Å². The second-order valence-corrected chi connectivity index (χ2v) is 5.50. The van der Waals surface area contributed by atoms with E-state index in [9.17, 15) is 0 Å². The number of benzene rings is 2. The zero-order valence-electron chi connectivity index (χ0n) is 12.4. The van der Waals surface area contributed by atoms with Crippen LogP contribution in [0.1, 0.15) is 11.8 Å². The molecule has 4 rings (SSSR count). The minimum Gasteiger partial charge on any atom is -0.420 e. The number of aromatic nitrogens is 4. The van der Waals surface area contributed by atoms with Crippen LogP contribution in [-0.4, -0.2) is 20.3 Å². The summed E-state index contributed by atoms with van der Waals surface area (Å²) < 4.78 is 10.9. The third-order valence-corrected chi connectivity index (χ3v) is 3.61. The number of hydrogen-bond donors (Lipinski definition) is 0. The molecule has 0 unspecified atom stereocenters. The summed E-state index contributed by atoms with van der Waals surface area (Å²) in [5.41, 5.74) is 1.69. The van der Waals surface area contributed by atoms with E-state index in [0.717, 1.165) is 11.1 Å². The van der Waals surface area contributed by atoms with E-state index in [1.165, 1.54) is 0 Å². The van der Waals surface area contributed by atoms with Crippen molar-refractivity contribution in [3.63, 3.8) is 0 Å². The summed E-state index contributed by atoms with van der Waals surface area (Å²) >= 11 is 5.87. The minimum absolute atomic E-state index is 0.278. The smallest absolute Gasteiger partial charge is 0.247 e. The van der Waals surface area contributed by atoms with Gasteiger partial charge in [-0.15, -0.1) is 10.2 Å². The summed E-state index contributed by atoms with van der Waals surface area (Å²) in [5.74, 6) is 1.77. The van der Waals surface area contributed by atoms with Gasteiger partial charge >= 0.3 is 0 Å². The molecule has 118 valence electrons. The maximum absolute atomic E-state index is 5.87. The molecule has 7 heteroatoms. The first-order valence-corrected chi connectivity index (χ1v) is 7.62. The predicted molar refractivity (Wildman–Crippen MR) is 87.3 cm³/mol. The van der Waals surface area contributed by atoms with E-state index < -0.39 is 0 Å². The average Bonchev–Trinajstić information content (AvgIpc) is 3.27. The third kappa shape index (κ3) is 3.04. The van der Waals surface area contributed by atoms with Gasteiger partial charge in [0.2, 0.25) is 23.5 Å². The summed E-state index contributed by atoms with van der Waals surface area (Å²) in [6.07, 6.45) is 0.278. The molecule has 0 atom stereocenters. The fraction of sp³-hybridized carbons (Fsp3) is 0.0588. The highest BCUT2D eigenvalue weighted by molar-refractivity contribution is 6.30. The monoisotopic (exact) mass is 338 g/mol. The van der Waals surface area contributed by atoms with Gasteiger partial charge in [-0.3, -0.25) is 0 Å². The van der Waals surface area contributed by atoms with Crippen LogP contribution in [0.15, 0.2) is 63.5 Å². The van der Waals surface area contributed by atoms with Gasteiger partial charge in [0.1, 0.15) is 6.42 Å². The lowest BCUT2D eigenvalue weighted by atomic mass is 10.2. The Morgan fingerprint density at radius 1 is 0.833 bits per heavy atom. The van der Waals surface area contributed by atoms with E-state index in [0.29, 0.717) is 28.5 Å². The van der Waals surface area contributed by atoms with Crippen LogP contribution >= 0.6 is 11.6 Å². The van der Waals surface area contributed by atoms with E-state index in [4.69, 9.17) is 20.5 Å². The molecular formula is C17H11ClN4O2. The fourth-order valence-corrected chi connectivity index (χ4v) is 2.32. The average molecular weight is 339 g/mol. The number of nitrogens with zero attached hydrogens (tertiary/aromatic N) is 4. The van der Waals surface area contributed by atoms with Crippen LogP contribution in [-0.2, 0) is 6.42 Å². The lowest BCUT2D eigenvalue weighted by Crippen LogP contribution is -1.88. The van der Waals surface area contributed by atoms with Gasteiger partial charge in [0, 0.05) is 16.1 Å². The lowest BCUT2D eigenvalue weighted by molar-refractivity contribution is 0.374. The van der Waals surface area contributed by atoms with Crippen molar-refractivity contribution in [2.45, 2.75) is 6.42 Å². The predicted octanol–water partition coefficient (Wildman–Crippen LogP) is 4.03. The quantitative estimate of drug-likeness (QED) is 0.559. The number of halogens is 1. The van der Waals surface area contributed by atoms with Crippen molar-refractivity contribution >= 4 is 11.6 Å². The molecule has 0 amide bonds. The Labute approximate surface area is 142 Å². The molecule has 0 fully saturated rings. The Hall–Kier alpha value is -2.99. The minimum atomic E-state index is 0.278. The first kappa shape index (κ1) is 14.6. The summed E-state index contributed by atoms with van der Waals surface area (Å²) in [4.78, 5) is 4.34. The Morgan fingerprint density at radius 2 is 1.62 bits per heavy atom. The molecule has 0 saturated carbocycles. The van der Waals surface area contributed by atoms with E-state index in [1.807, 2.05) is 42.5 Å². The van der Waals surface area contributed by atoms with Gasteiger partial charge in [-0.1, -0.05) is 35.0 Å². The molecule has 2 aromatic heterocycles. The molecule has 4 aromatic rings. The molecule has 0 bridgehead atoms. The highest BCUT2D eigenvalue weighted by Gasteiger charge is 2.14. The number of hydrogen-bond acceptors (Lipinski definition) is 6. The van der Waals surface area contributed by atoms with Crippen LogP contribution < -0.4 is 0 Å². The van der Waals surface area contributed by atoms with Gasteiger partial charge in [0.25, 0.3) is 0 Å². The molecule has 6 nitrogen and oxygen atoms in total. The summed E-state index contributed by atoms with van der Waals surface area (Å²) in [5, 5.41) is 12.7. The normalized spacial score (nSPS) is 10.9.